The van der Waals surface area contributed by atoms with Crippen molar-refractivity contribution in [3.05, 3.63) is 82.0 Å². The van der Waals surface area contributed by atoms with E-state index in [-0.39, 0.29) is 25.2 Å². The molecule has 0 unspecified atom stereocenters. The number of alkyl carbamates (subject to hydrolysis) is 1. The summed E-state index contributed by atoms with van der Waals surface area (Å²) in [7, 11) is 0. The summed E-state index contributed by atoms with van der Waals surface area (Å²) in [5, 5.41) is 16.1. The number of nitrogens with one attached hydrogen (secondary N) is 1. The molecule has 0 spiro atoms. The van der Waals surface area contributed by atoms with E-state index in [2.05, 4.69) is 29.6 Å². The monoisotopic (exact) mass is 379 g/mol. The molecule has 1 aliphatic carbocycles. The van der Waals surface area contributed by atoms with Crippen molar-refractivity contribution in [2.45, 2.75) is 18.4 Å². The second-order valence-corrected chi connectivity index (χ2v) is 7.37. The van der Waals surface area contributed by atoms with Gasteiger partial charge >= 0.3 is 6.09 Å². The molecule has 2 aromatic carbocycles. The summed E-state index contributed by atoms with van der Waals surface area (Å²) in [5.41, 5.74) is 5.78. The van der Waals surface area contributed by atoms with Crippen LogP contribution in [-0.2, 0) is 4.74 Å². The molecule has 4 nitrogen and oxygen atoms in total. The molecule has 1 atom stereocenters. The van der Waals surface area contributed by atoms with Crippen molar-refractivity contribution in [3.63, 3.8) is 0 Å². The summed E-state index contributed by atoms with van der Waals surface area (Å²) in [4.78, 5) is 12.4. The minimum absolute atomic E-state index is 0.00414. The third-order valence-corrected chi connectivity index (χ3v) is 5.70. The van der Waals surface area contributed by atoms with Gasteiger partial charge < -0.3 is 15.2 Å². The SMILES string of the molecule is O=C(N[C@H](CCO)c1ccsc1)OCC1c2ccccc2-c2ccccc21. The molecule has 1 aromatic heterocycles. The number of hydrogen-bond donors (Lipinski definition) is 2. The Balaban J connectivity index is 1.46. The average Bonchev–Trinajstić information content (AvgIpc) is 3.33. The number of rotatable bonds is 6. The molecule has 0 bridgehead atoms. The van der Waals surface area contributed by atoms with E-state index in [1.54, 1.807) is 11.3 Å². The maximum atomic E-state index is 12.4. The quantitative estimate of drug-likeness (QED) is 0.652. The number of hydrogen-bond acceptors (Lipinski definition) is 4. The van der Waals surface area contributed by atoms with Crippen LogP contribution >= 0.6 is 11.3 Å². The highest BCUT2D eigenvalue weighted by molar-refractivity contribution is 7.07. The molecular weight excluding hydrogens is 358 g/mol. The molecule has 2 N–H and O–H groups in total. The number of carbonyl (C=O) groups is 1. The molecule has 1 amide bonds. The van der Waals surface area contributed by atoms with Gasteiger partial charge in [-0.15, -0.1) is 0 Å². The van der Waals surface area contributed by atoms with Gasteiger partial charge in [-0.1, -0.05) is 48.5 Å². The summed E-state index contributed by atoms with van der Waals surface area (Å²) < 4.78 is 5.59. The van der Waals surface area contributed by atoms with Crippen molar-refractivity contribution < 1.29 is 14.6 Å². The van der Waals surface area contributed by atoms with Gasteiger partial charge in [0.2, 0.25) is 0 Å². The van der Waals surface area contributed by atoms with E-state index >= 15 is 0 Å². The van der Waals surface area contributed by atoms with Gasteiger partial charge in [0.15, 0.2) is 0 Å². The predicted molar refractivity (Wildman–Crippen MR) is 107 cm³/mol. The van der Waals surface area contributed by atoms with Gasteiger partial charge in [0.05, 0.1) is 6.04 Å². The van der Waals surface area contributed by atoms with Crippen LogP contribution in [0.1, 0.15) is 35.1 Å². The van der Waals surface area contributed by atoms with Gasteiger partial charge in [-0.05, 0) is 51.1 Å². The Hall–Kier alpha value is -2.63. The first kappa shape index (κ1) is 17.8. The summed E-state index contributed by atoms with van der Waals surface area (Å²) in [6, 6.07) is 18.2. The molecule has 138 valence electrons. The lowest BCUT2D eigenvalue weighted by Gasteiger charge is -2.19. The molecule has 27 heavy (non-hydrogen) atoms. The topological polar surface area (TPSA) is 58.6 Å². The predicted octanol–water partition coefficient (Wildman–Crippen LogP) is 4.71. The summed E-state index contributed by atoms with van der Waals surface area (Å²) in [6.45, 7) is 0.291. The van der Waals surface area contributed by atoms with E-state index in [0.717, 1.165) is 5.56 Å². The lowest BCUT2D eigenvalue weighted by atomic mass is 9.98. The van der Waals surface area contributed by atoms with Crippen LogP contribution < -0.4 is 5.32 Å². The van der Waals surface area contributed by atoms with Crippen LogP contribution in [0.2, 0.25) is 0 Å². The fourth-order valence-electron chi connectivity index (χ4n) is 3.71. The Kier molecular flexibility index (Phi) is 5.23. The van der Waals surface area contributed by atoms with Crippen LogP contribution in [0.5, 0.6) is 0 Å². The highest BCUT2D eigenvalue weighted by Crippen LogP contribution is 2.44. The first-order valence-corrected chi connectivity index (χ1v) is 9.96. The molecule has 0 radical (unpaired) electrons. The van der Waals surface area contributed by atoms with Crippen molar-refractivity contribution in [1.82, 2.24) is 5.32 Å². The molecule has 4 rings (SSSR count). The Morgan fingerprint density at radius 1 is 1.07 bits per heavy atom. The normalized spacial score (nSPS) is 13.7. The maximum absolute atomic E-state index is 12.4. The van der Waals surface area contributed by atoms with Gasteiger partial charge in [0, 0.05) is 12.5 Å². The number of aliphatic hydroxyl groups excluding tert-OH is 1. The molecule has 0 saturated carbocycles. The smallest absolute Gasteiger partial charge is 0.407 e. The summed E-state index contributed by atoms with van der Waals surface area (Å²) in [5.74, 6) is 0.0422. The molecular formula is C22H21NO3S. The van der Waals surface area contributed by atoms with Gasteiger partial charge in [-0.25, -0.2) is 4.79 Å². The largest absolute Gasteiger partial charge is 0.449 e. The van der Waals surface area contributed by atoms with E-state index in [4.69, 9.17) is 4.74 Å². The van der Waals surface area contributed by atoms with E-state index in [1.807, 2.05) is 41.1 Å². The zero-order valence-corrected chi connectivity index (χ0v) is 15.6. The maximum Gasteiger partial charge on any atom is 0.407 e. The summed E-state index contributed by atoms with van der Waals surface area (Å²) >= 11 is 1.57. The third-order valence-electron chi connectivity index (χ3n) is 5.00. The van der Waals surface area contributed by atoms with E-state index in [9.17, 15) is 9.90 Å². The van der Waals surface area contributed by atoms with Gasteiger partial charge in [0.25, 0.3) is 0 Å². The highest BCUT2D eigenvalue weighted by Gasteiger charge is 2.29. The van der Waals surface area contributed by atoms with Crippen LogP contribution in [0, 0.1) is 0 Å². The molecule has 1 aliphatic rings. The average molecular weight is 379 g/mol. The van der Waals surface area contributed by atoms with E-state index < -0.39 is 6.09 Å². The van der Waals surface area contributed by atoms with E-state index in [1.165, 1.54) is 22.3 Å². The van der Waals surface area contributed by atoms with E-state index in [0.29, 0.717) is 6.42 Å². The zero-order valence-electron chi connectivity index (χ0n) is 14.8. The van der Waals surface area contributed by atoms with Crippen molar-refractivity contribution in [2.75, 3.05) is 13.2 Å². The Morgan fingerprint density at radius 3 is 2.33 bits per heavy atom. The standard InChI is InChI=1S/C22H21NO3S/c24-11-9-21(15-10-12-27-14-15)23-22(25)26-13-20-18-7-3-1-5-16(18)17-6-2-4-8-19(17)20/h1-8,10,12,14,20-21,24H,9,11,13H2,(H,23,25)/t21-/m1/s1. The van der Waals surface area contributed by atoms with Crippen LogP contribution in [0.4, 0.5) is 4.79 Å². The lowest BCUT2D eigenvalue weighted by Crippen LogP contribution is -2.30. The first-order valence-electron chi connectivity index (χ1n) is 9.02. The zero-order chi connectivity index (χ0) is 18.6. The summed E-state index contributed by atoms with van der Waals surface area (Å²) in [6.07, 6.45) is 0.00232. The second kappa shape index (κ2) is 7.94. The molecule has 1 heterocycles. The number of carbonyl (C=O) groups excluding carboxylic acids is 1. The van der Waals surface area contributed by atoms with Crippen LogP contribution in [0.15, 0.2) is 65.4 Å². The molecule has 5 heteroatoms. The number of fused-ring (bicyclic) bond motifs is 3. The minimum atomic E-state index is -0.457. The molecule has 0 saturated heterocycles. The fraction of sp³-hybridized carbons (Fsp3) is 0.227. The second-order valence-electron chi connectivity index (χ2n) is 6.59. The van der Waals surface area contributed by atoms with Crippen LogP contribution in [0.25, 0.3) is 11.1 Å². The van der Waals surface area contributed by atoms with Crippen molar-refractivity contribution >= 4 is 17.4 Å². The first-order chi connectivity index (χ1) is 13.3. The van der Waals surface area contributed by atoms with Crippen LogP contribution in [0.3, 0.4) is 0 Å². The number of amides is 1. The molecule has 3 aromatic rings. The highest BCUT2D eigenvalue weighted by atomic mass is 32.1. The molecule has 0 aliphatic heterocycles. The van der Waals surface area contributed by atoms with Crippen molar-refractivity contribution in [2.24, 2.45) is 0 Å². The Labute approximate surface area is 162 Å². The number of ether oxygens (including phenoxy) is 1. The van der Waals surface area contributed by atoms with Crippen molar-refractivity contribution in [3.8, 4) is 11.1 Å². The third kappa shape index (κ3) is 3.61. The van der Waals surface area contributed by atoms with Crippen LogP contribution in [-0.4, -0.2) is 24.4 Å². The minimum Gasteiger partial charge on any atom is -0.449 e. The van der Waals surface area contributed by atoms with Gasteiger partial charge in [0.1, 0.15) is 6.61 Å². The number of thiophene rings is 1. The Morgan fingerprint density at radius 2 is 1.74 bits per heavy atom. The molecule has 0 fully saturated rings. The number of aliphatic hydroxyl groups is 1. The van der Waals surface area contributed by atoms with Gasteiger partial charge in [-0.2, -0.15) is 11.3 Å². The van der Waals surface area contributed by atoms with Crippen molar-refractivity contribution in [1.29, 1.82) is 0 Å². The fourth-order valence-corrected chi connectivity index (χ4v) is 4.42. The number of benzene rings is 2. The lowest BCUT2D eigenvalue weighted by molar-refractivity contribution is 0.136. The van der Waals surface area contributed by atoms with Gasteiger partial charge in [-0.3, -0.25) is 0 Å². The Bertz CT molecular complexity index is 877.